The van der Waals surface area contributed by atoms with E-state index >= 15 is 0 Å². The van der Waals surface area contributed by atoms with E-state index in [1.165, 1.54) is 7.05 Å². The van der Waals surface area contributed by atoms with Gasteiger partial charge >= 0.3 is 11.9 Å². The van der Waals surface area contributed by atoms with Crippen molar-refractivity contribution in [2.75, 3.05) is 0 Å². The van der Waals surface area contributed by atoms with E-state index in [1.807, 2.05) is 0 Å². The molecule has 0 spiro atoms. The van der Waals surface area contributed by atoms with Gasteiger partial charge in [-0.3, -0.25) is 18.7 Å². The maximum Gasteiger partial charge on any atom is 0.433 e. The fourth-order valence-electron chi connectivity index (χ4n) is 3.58. The minimum Gasteiger partial charge on any atom is -0.351 e. The fraction of sp³-hybridized carbons (Fsp3) is 0.556. The van der Waals surface area contributed by atoms with E-state index in [4.69, 9.17) is 0 Å². The molecule has 0 radical (unpaired) electrons. The molecule has 2 aromatic heterocycles. The number of amides is 1. The number of halogens is 3. The molecule has 2 aliphatic rings. The van der Waals surface area contributed by atoms with Gasteiger partial charge in [-0.05, 0) is 49.7 Å². The molecule has 7 nitrogen and oxygen atoms in total. The molecular formula is C18H19F3N4O3. The number of hydrogen-bond donors (Lipinski definition) is 1. The maximum absolute atomic E-state index is 12.9. The summed E-state index contributed by atoms with van der Waals surface area (Å²) >= 11 is 0. The van der Waals surface area contributed by atoms with Crippen LogP contribution in [-0.2, 0) is 24.6 Å². The Morgan fingerprint density at radius 3 is 2.36 bits per heavy atom. The number of fused-ring (bicyclic) bond motifs is 1. The third kappa shape index (κ3) is 3.43. The van der Waals surface area contributed by atoms with Crippen LogP contribution >= 0.6 is 0 Å². The molecule has 2 aromatic rings. The summed E-state index contributed by atoms with van der Waals surface area (Å²) in [5, 5.41) is 2.78. The number of nitrogens with zero attached hydrogens (tertiary/aromatic N) is 3. The third-order valence-corrected chi connectivity index (χ3v) is 5.37. The average molecular weight is 396 g/mol. The van der Waals surface area contributed by atoms with E-state index < -0.39 is 35.6 Å². The first-order valence-corrected chi connectivity index (χ1v) is 9.14. The van der Waals surface area contributed by atoms with Crippen molar-refractivity contribution in [3.8, 4) is 0 Å². The molecule has 0 saturated heterocycles. The van der Waals surface area contributed by atoms with E-state index in [0.717, 1.165) is 40.9 Å². The number of rotatable bonds is 5. The number of hydrogen-bond acceptors (Lipinski definition) is 4. The maximum atomic E-state index is 12.9. The Balaban J connectivity index is 1.66. The number of carbonyl (C=O) groups excluding carboxylic acids is 1. The van der Waals surface area contributed by atoms with Crippen molar-refractivity contribution in [2.45, 2.75) is 44.4 Å². The Kier molecular flexibility index (Phi) is 4.31. The SMILES string of the molecule is Cn1c(=O)n(CC(=O)NC(C2CC2)C2CC2)c(=O)c2ccc(C(F)(F)F)nc21. The molecule has 0 unspecified atom stereocenters. The zero-order valence-electron chi connectivity index (χ0n) is 15.1. The Bertz CT molecular complexity index is 1050. The predicted molar refractivity (Wildman–Crippen MR) is 93.6 cm³/mol. The second kappa shape index (κ2) is 6.46. The van der Waals surface area contributed by atoms with Gasteiger partial charge < -0.3 is 5.32 Å². The Morgan fingerprint density at radius 1 is 1.21 bits per heavy atom. The van der Waals surface area contributed by atoms with Gasteiger partial charge in [-0.1, -0.05) is 0 Å². The lowest BCUT2D eigenvalue weighted by atomic mass is 10.1. The Hall–Kier alpha value is -2.65. The van der Waals surface area contributed by atoms with Gasteiger partial charge in [0.1, 0.15) is 17.9 Å². The molecule has 150 valence electrons. The highest BCUT2D eigenvalue weighted by Crippen LogP contribution is 2.44. The van der Waals surface area contributed by atoms with Crippen LogP contribution in [0.15, 0.2) is 21.7 Å². The van der Waals surface area contributed by atoms with Gasteiger partial charge in [0.15, 0.2) is 0 Å². The van der Waals surface area contributed by atoms with Crippen molar-refractivity contribution in [3.05, 3.63) is 38.7 Å². The summed E-state index contributed by atoms with van der Waals surface area (Å²) in [6.45, 7) is -0.474. The molecule has 0 atom stereocenters. The van der Waals surface area contributed by atoms with E-state index in [0.29, 0.717) is 17.9 Å². The zero-order valence-corrected chi connectivity index (χ0v) is 15.1. The largest absolute Gasteiger partial charge is 0.433 e. The normalized spacial score (nSPS) is 17.3. The monoisotopic (exact) mass is 396 g/mol. The molecule has 2 saturated carbocycles. The molecule has 1 N–H and O–H groups in total. The first-order chi connectivity index (χ1) is 13.2. The summed E-state index contributed by atoms with van der Waals surface area (Å²) in [6.07, 6.45) is -0.447. The molecule has 0 bridgehead atoms. The molecule has 10 heteroatoms. The van der Waals surface area contributed by atoms with Crippen LogP contribution in [0.3, 0.4) is 0 Å². The fourth-order valence-corrected chi connectivity index (χ4v) is 3.58. The van der Waals surface area contributed by atoms with E-state index in [1.54, 1.807) is 0 Å². The third-order valence-electron chi connectivity index (χ3n) is 5.37. The summed E-state index contributed by atoms with van der Waals surface area (Å²) in [5.74, 6) is 0.470. The lowest BCUT2D eigenvalue weighted by molar-refractivity contribution is -0.141. The molecule has 2 aliphatic carbocycles. The van der Waals surface area contributed by atoms with Crippen molar-refractivity contribution in [1.82, 2.24) is 19.4 Å². The van der Waals surface area contributed by atoms with Gasteiger partial charge in [0.2, 0.25) is 5.91 Å². The molecule has 2 heterocycles. The Morgan fingerprint density at radius 2 is 1.82 bits per heavy atom. The smallest absolute Gasteiger partial charge is 0.351 e. The first-order valence-electron chi connectivity index (χ1n) is 9.14. The minimum atomic E-state index is -4.69. The Labute approximate surface area is 157 Å². The highest BCUT2D eigenvalue weighted by atomic mass is 19.4. The van der Waals surface area contributed by atoms with Crippen LogP contribution in [0.5, 0.6) is 0 Å². The second-order valence-corrected chi connectivity index (χ2v) is 7.57. The van der Waals surface area contributed by atoms with Gasteiger partial charge in [-0.25, -0.2) is 9.78 Å². The quantitative estimate of drug-likeness (QED) is 0.828. The van der Waals surface area contributed by atoms with Crippen LogP contribution in [0.1, 0.15) is 31.4 Å². The standard InChI is InChI=1S/C18H19F3N4O3/c1-24-15-11(6-7-12(22-15)18(19,20)21)16(27)25(17(24)28)8-13(26)23-14(9-2-3-9)10-4-5-10/h6-7,9-10,14H,2-5,8H2,1H3,(H,23,26). The first kappa shape index (κ1) is 18.7. The van der Waals surface area contributed by atoms with Crippen molar-refractivity contribution in [1.29, 1.82) is 0 Å². The van der Waals surface area contributed by atoms with Gasteiger partial charge in [0.25, 0.3) is 5.56 Å². The van der Waals surface area contributed by atoms with Gasteiger partial charge in [0.05, 0.1) is 5.39 Å². The molecule has 1 amide bonds. The zero-order chi connectivity index (χ0) is 20.2. The minimum absolute atomic E-state index is 0.0727. The molecule has 4 rings (SSSR count). The molecule has 28 heavy (non-hydrogen) atoms. The van der Waals surface area contributed by atoms with Crippen molar-refractivity contribution in [2.24, 2.45) is 18.9 Å². The van der Waals surface area contributed by atoms with Crippen molar-refractivity contribution >= 4 is 16.9 Å². The summed E-state index contributed by atoms with van der Waals surface area (Å²) in [6, 6.07) is 1.75. The summed E-state index contributed by atoms with van der Waals surface area (Å²) < 4.78 is 40.2. The highest BCUT2D eigenvalue weighted by Gasteiger charge is 2.42. The van der Waals surface area contributed by atoms with Gasteiger partial charge in [-0.15, -0.1) is 0 Å². The van der Waals surface area contributed by atoms with E-state index in [-0.39, 0.29) is 17.1 Å². The topological polar surface area (TPSA) is 86.0 Å². The molecule has 0 aromatic carbocycles. The van der Waals surface area contributed by atoms with Gasteiger partial charge in [0, 0.05) is 13.1 Å². The number of alkyl halides is 3. The van der Waals surface area contributed by atoms with Crippen LogP contribution in [0.25, 0.3) is 11.0 Å². The molecule has 2 fully saturated rings. The van der Waals surface area contributed by atoms with Crippen LogP contribution in [0.4, 0.5) is 13.2 Å². The van der Waals surface area contributed by atoms with E-state index in [2.05, 4.69) is 10.3 Å². The number of nitrogens with one attached hydrogen (secondary N) is 1. The lowest BCUT2D eigenvalue weighted by Crippen LogP contribution is -2.46. The second-order valence-electron chi connectivity index (χ2n) is 7.57. The number of aryl methyl sites for hydroxylation is 1. The lowest BCUT2D eigenvalue weighted by Gasteiger charge is -2.18. The van der Waals surface area contributed by atoms with Crippen LogP contribution in [0, 0.1) is 11.8 Å². The van der Waals surface area contributed by atoms with Crippen LogP contribution < -0.4 is 16.6 Å². The highest BCUT2D eigenvalue weighted by molar-refractivity contribution is 5.78. The molecule has 0 aliphatic heterocycles. The van der Waals surface area contributed by atoms with Crippen molar-refractivity contribution < 1.29 is 18.0 Å². The summed E-state index contributed by atoms with van der Waals surface area (Å²) in [4.78, 5) is 41.0. The average Bonchev–Trinajstić information content (AvgIpc) is 3.53. The van der Waals surface area contributed by atoms with Gasteiger partial charge in [-0.2, -0.15) is 13.2 Å². The number of carbonyl (C=O) groups is 1. The summed E-state index contributed by atoms with van der Waals surface area (Å²) in [7, 11) is 1.23. The van der Waals surface area contributed by atoms with Crippen molar-refractivity contribution in [3.63, 3.8) is 0 Å². The van der Waals surface area contributed by atoms with Crippen LogP contribution in [-0.4, -0.2) is 26.1 Å². The number of aromatic nitrogens is 3. The predicted octanol–water partition coefficient (Wildman–Crippen LogP) is 1.42. The van der Waals surface area contributed by atoms with E-state index in [9.17, 15) is 27.6 Å². The summed E-state index contributed by atoms with van der Waals surface area (Å²) in [5.41, 5.74) is -3.27. The number of pyridine rings is 1. The molecular weight excluding hydrogens is 377 g/mol. The van der Waals surface area contributed by atoms with Crippen LogP contribution in [0.2, 0.25) is 0 Å².